The minimum absolute atomic E-state index is 0.286. The van der Waals surface area contributed by atoms with Gasteiger partial charge in [-0.25, -0.2) is 4.98 Å². The number of ether oxygens (including phenoxy) is 3. The summed E-state index contributed by atoms with van der Waals surface area (Å²) in [5.41, 5.74) is 6.41. The summed E-state index contributed by atoms with van der Waals surface area (Å²) in [6, 6.07) is 7.29. The monoisotopic (exact) mass is 304 g/mol. The number of anilines is 2. The Balaban J connectivity index is 2.11. The smallest absolute Gasteiger partial charge is 0.248 e. The van der Waals surface area contributed by atoms with Crippen molar-refractivity contribution in [2.24, 2.45) is 0 Å². The Morgan fingerprint density at radius 1 is 1.14 bits per heavy atom. The summed E-state index contributed by atoms with van der Waals surface area (Å²) >= 11 is 0. The highest BCUT2D eigenvalue weighted by atomic mass is 16.5. The van der Waals surface area contributed by atoms with Crippen LogP contribution in [-0.2, 0) is 4.74 Å². The molecule has 0 aliphatic heterocycles. The van der Waals surface area contributed by atoms with Crippen molar-refractivity contribution in [1.82, 2.24) is 9.97 Å². The fourth-order valence-electron chi connectivity index (χ4n) is 1.83. The first-order valence-electron chi connectivity index (χ1n) is 6.90. The molecule has 7 nitrogen and oxygen atoms in total. The third kappa shape index (κ3) is 3.98. The maximum Gasteiger partial charge on any atom is 0.248 e. The number of hydrogen-bond acceptors (Lipinski definition) is 7. The number of rotatable bonds is 8. The molecule has 0 amide bonds. The normalized spacial score (nSPS) is 10.3. The van der Waals surface area contributed by atoms with Crippen LogP contribution in [0.2, 0.25) is 0 Å². The third-order valence-corrected chi connectivity index (χ3v) is 2.94. The Morgan fingerprint density at radius 3 is 2.64 bits per heavy atom. The lowest BCUT2D eigenvalue weighted by atomic mass is 10.3. The molecule has 0 saturated heterocycles. The number of nitrogens with zero attached hydrogens (tertiary/aromatic N) is 2. The molecule has 1 aromatic heterocycles. The van der Waals surface area contributed by atoms with Gasteiger partial charge in [-0.1, -0.05) is 12.1 Å². The molecule has 1 aromatic carbocycles. The topological polar surface area (TPSA) is 91.5 Å². The molecule has 3 N–H and O–H groups in total. The van der Waals surface area contributed by atoms with E-state index < -0.39 is 0 Å². The third-order valence-electron chi connectivity index (χ3n) is 2.94. The quantitative estimate of drug-likeness (QED) is 0.723. The summed E-state index contributed by atoms with van der Waals surface area (Å²) in [4.78, 5) is 8.20. The largest absolute Gasteiger partial charge is 0.493 e. The first-order chi connectivity index (χ1) is 10.8. The molecule has 0 bridgehead atoms. The van der Waals surface area contributed by atoms with Gasteiger partial charge in [0.15, 0.2) is 17.3 Å². The number of nitrogen functional groups attached to an aromatic ring is 1. The van der Waals surface area contributed by atoms with Crippen molar-refractivity contribution in [3.63, 3.8) is 0 Å². The molecule has 7 heteroatoms. The second-order valence-corrected chi connectivity index (χ2v) is 4.47. The average molecular weight is 304 g/mol. The first-order valence-corrected chi connectivity index (χ1v) is 6.90. The highest BCUT2D eigenvalue weighted by Gasteiger charge is 2.12. The predicted molar refractivity (Wildman–Crippen MR) is 84.5 cm³/mol. The van der Waals surface area contributed by atoms with Crippen LogP contribution in [0.25, 0.3) is 0 Å². The van der Waals surface area contributed by atoms with Crippen molar-refractivity contribution in [3.05, 3.63) is 30.6 Å². The Bertz CT molecular complexity index is 607. The van der Waals surface area contributed by atoms with Gasteiger partial charge in [0.1, 0.15) is 12.0 Å². The summed E-state index contributed by atoms with van der Waals surface area (Å²) in [6.07, 6.45) is 2.25. The molecule has 0 unspecified atom stereocenters. The van der Waals surface area contributed by atoms with E-state index in [1.54, 1.807) is 26.4 Å². The molecule has 2 aromatic rings. The van der Waals surface area contributed by atoms with Crippen molar-refractivity contribution >= 4 is 11.5 Å². The van der Waals surface area contributed by atoms with Gasteiger partial charge in [-0.2, -0.15) is 4.98 Å². The molecule has 0 fully saturated rings. The molecular weight excluding hydrogens is 284 g/mol. The van der Waals surface area contributed by atoms with Crippen LogP contribution in [0.3, 0.4) is 0 Å². The summed E-state index contributed by atoms with van der Waals surface area (Å²) in [5, 5.41) is 3.14. The van der Waals surface area contributed by atoms with Crippen LogP contribution in [0.1, 0.15) is 6.42 Å². The van der Waals surface area contributed by atoms with Gasteiger partial charge in [0, 0.05) is 20.3 Å². The molecule has 2 rings (SSSR count). The van der Waals surface area contributed by atoms with Gasteiger partial charge in [-0.3, -0.25) is 0 Å². The number of hydrogen-bond donors (Lipinski definition) is 2. The minimum atomic E-state index is 0.286. The zero-order valence-corrected chi connectivity index (χ0v) is 12.7. The van der Waals surface area contributed by atoms with Gasteiger partial charge in [0.25, 0.3) is 0 Å². The van der Waals surface area contributed by atoms with Gasteiger partial charge in [0.05, 0.1) is 7.11 Å². The SMILES string of the molecule is COCCCNc1ncnc(Oc2ccccc2OC)c1N. The van der Waals surface area contributed by atoms with Crippen LogP contribution >= 0.6 is 0 Å². The van der Waals surface area contributed by atoms with Crippen molar-refractivity contribution in [1.29, 1.82) is 0 Å². The molecule has 0 aliphatic rings. The summed E-state index contributed by atoms with van der Waals surface area (Å²) < 4.78 is 16.0. The van der Waals surface area contributed by atoms with E-state index >= 15 is 0 Å². The Hall–Kier alpha value is -2.54. The predicted octanol–water partition coefficient (Wildman–Crippen LogP) is 2.31. The molecule has 22 heavy (non-hydrogen) atoms. The molecule has 0 radical (unpaired) electrons. The molecule has 0 saturated carbocycles. The first kappa shape index (κ1) is 15.8. The van der Waals surface area contributed by atoms with Crippen molar-refractivity contribution < 1.29 is 14.2 Å². The highest BCUT2D eigenvalue weighted by Crippen LogP contribution is 2.34. The van der Waals surface area contributed by atoms with Gasteiger partial charge in [-0.05, 0) is 18.6 Å². The zero-order valence-electron chi connectivity index (χ0n) is 12.7. The van der Waals surface area contributed by atoms with Gasteiger partial charge >= 0.3 is 0 Å². The fourth-order valence-corrected chi connectivity index (χ4v) is 1.83. The van der Waals surface area contributed by atoms with Crippen molar-refractivity contribution in [3.8, 4) is 17.4 Å². The van der Waals surface area contributed by atoms with Crippen LogP contribution < -0.4 is 20.5 Å². The van der Waals surface area contributed by atoms with Gasteiger partial charge in [-0.15, -0.1) is 0 Å². The number of methoxy groups -OCH3 is 2. The van der Waals surface area contributed by atoms with Crippen LogP contribution in [-0.4, -0.2) is 37.3 Å². The summed E-state index contributed by atoms with van der Waals surface area (Å²) in [5.74, 6) is 1.97. The lowest BCUT2D eigenvalue weighted by Crippen LogP contribution is -2.09. The fraction of sp³-hybridized carbons (Fsp3) is 0.333. The van der Waals surface area contributed by atoms with Crippen LogP contribution in [0.4, 0.5) is 11.5 Å². The highest BCUT2D eigenvalue weighted by molar-refractivity contribution is 5.67. The number of para-hydroxylation sites is 2. The molecule has 0 spiro atoms. The number of nitrogens with one attached hydrogen (secondary N) is 1. The van der Waals surface area contributed by atoms with Crippen molar-refractivity contribution in [2.75, 3.05) is 38.4 Å². The molecule has 0 aliphatic carbocycles. The lowest BCUT2D eigenvalue weighted by molar-refractivity contribution is 0.198. The van der Waals surface area contributed by atoms with Crippen molar-refractivity contribution in [2.45, 2.75) is 6.42 Å². The Kier molecular flexibility index (Phi) is 5.79. The molecule has 1 heterocycles. The molecule has 118 valence electrons. The lowest BCUT2D eigenvalue weighted by Gasteiger charge is -2.13. The standard InChI is InChI=1S/C15H20N4O3/c1-20-9-5-8-17-14-13(16)15(19-10-18-14)22-12-7-4-3-6-11(12)21-2/h3-4,6-7,10H,5,8-9,16H2,1-2H3,(H,17,18,19). The van der Waals surface area contributed by atoms with E-state index in [-0.39, 0.29) is 5.88 Å². The van der Waals surface area contributed by atoms with E-state index in [2.05, 4.69) is 15.3 Å². The zero-order chi connectivity index (χ0) is 15.8. The van der Waals surface area contributed by atoms with Crippen LogP contribution in [0.15, 0.2) is 30.6 Å². The van der Waals surface area contributed by atoms with Crippen LogP contribution in [0.5, 0.6) is 17.4 Å². The molecule has 0 atom stereocenters. The minimum Gasteiger partial charge on any atom is -0.493 e. The number of nitrogens with two attached hydrogens (primary N) is 1. The van der Waals surface area contributed by atoms with E-state index in [9.17, 15) is 0 Å². The van der Waals surface area contributed by atoms with E-state index in [0.717, 1.165) is 6.42 Å². The number of benzene rings is 1. The van der Waals surface area contributed by atoms with Crippen LogP contribution in [0, 0.1) is 0 Å². The molecular formula is C15H20N4O3. The van der Waals surface area contributed by atoms with E-state index in [1.165, 1.54) is 6.33 Å². The summed E-state index contributed by atoms with van der Waals surface area (Å²) in [7, 11) is 3.24. The average Bonchev–Trinajstić information content (AvgIpc) is 2.55. The van der Waals surface area contributed by atoms with E-state index in [0.29, 0.717) is 36.2 Å². The van der Waals surface area contributed by atoms with Gasteiger partial charge < -0.3 is 25.3 Å². The van der Waals surface area contributed by atoms with E-state index in [4.69, 9.17) is 19.9 Å². The number of aromatic nitrogens is 2. The summed E-state index contributed by atoms with van der Waals surface area (Å²) in [6.45, 7) is 1.37. The van der Waals surface area contributed by atoms with Gasteiger partial charge in [0.2, 0.25) is 5.88 Å². The Morgan fingerprint density at radius 2 is 1.91 bits per heavy atom. The van der Waals surface area contributed by atoms with E-state index in [1.807, 2.05) is 12.1 Å². The Labute approximate surface area is 129 Å². The second-order valence-electron chi connectivity index (χ2n) is 4.47. The maximum atomic E-state index is 6.05. The maximum absolute atomic E-state index is 6.05. The second kappa shape index (κ2) is 8.04.